The minimum atomic E-state index is -4.74. The van der Waals surface area contributed by atoms with Gasteiger partial charge in [-0.1, -0.05) is 0 Å². The second kappa shape index (κ2) is 8.86. The van der Waals surface area contributed by atoms with Gasteiger partial charge in [0.05, 0.1) is 24.5 Å². The number of pyridine rings is 1. The first-order valence-corrected chi connectivity index (χ1v) is 11.0. The second-order valence-electron chi connectivity index (χ2n) is 7.60. The summed E-state index contributed by atoms with van der Waals surface area (Å²) in [6.07, 6.45) is -4.74. The smallest absolute Gasteiger partial charge is 0.433 e. The quantitative estimate of drug-likeness (QED) is 0.594. The lowest BCUT2D eigenvalue weighted by Gasteiger charge is -2.26. The van der Waals surface area contributed by atoms with E-state index in [1.165, 1.54) is 12.1 Å². The van der Waals surface area contributed by atoms with Crippen LogP contribution >= 0.6 is 0 Å². The average molecular weight is 489 g/mol. The molecule has 0 radical (unpaired) electrons. The summed E-state index contributed by atoms with van der Waals surface area (Å²) in [7, 11) is -4.36. The number of halogens is 4. The van der Waals surface area contributed by atoms with Gasteiger partial charge in [-0.2, -0.15) is 22.7 Å². The fraction of sp³-hybridized carbons (Fsp3) is 0.400. The Morgan fingerprint density at radius 2 is 2.03 bits per heavy atom. The number of hydrogen-bond acceptors (Lipinski definition) is 7. The molecule has 2 N–H and O–H groups in total. The van der Waals surface area contributed by atoms with Gasteiger partial charge in [-0.15, -0.1) is 0 Å². The number of benzene rings is 1. The van der Waals surface area contributed by atoms with Gasteiger partial charge in [0.2, 0.25) is 10.0 Å². The van der Waals surface area contributed by atoms with Gasteiger partial charge in [0.1, 0.15) is 33.8 Å². The molecule has 13 heteroatoms. The summed E-state index contributed by atoms with van der Waals surface area (Å²) in [5.41, 5.74) is -3.73. The van der Waals surface area contributed by atoms with E-state index in [4.69, 9.17) is 10.00 Å². The first-order chi connectivity index (χ1) is 15.3. The van der Waals surface area contributed by atoms with Crippen LogP contribution < -0.4 is 4.74 Å². The van der Waals surface area contributed by atoms with Gasteiger partial charge in [0.25, 0.3) is 0 Å². The molecule has 1 aliphatic heterocycles. The molecule has 1 aromatic carbocycles. The molecule has 1 aromatic heterocycles. The Hall–Kier alpha value is -2.79. The molecule has 1 saturated heterocycles. The van der Waals surface area contributed by atoms with Crippen LogP contribution in [0.1, 0.15) is 17.0 Å². The van der Waals surface area contributed by atoms with Crippen LogP contribution in [0.2, 0.25) is 0 Å². The SMILES string of the molecule is Cc1nc(C(F)(F)F)ccc1S(=O)(=O)N1C[C@H](COc2ccc(C#N)c(F)c2)[C@](O)(CO)C1. The monoisotopic (exact) mass is 489 g/mol. The van der Waals surface area contributed by atoms with E-state index in [0.717, 1.165) is 23.4 Å². The van der Waals surface area contributed by atoms with Gasteiger partial charge >= 0.3 is 6.18 Å². The topological polar surface area (TPSA) is 124 Å². The minimum Gasteiger partial charge on any atom is -0.493 e. The van der Waals surface area contributed by atoms with Gasteiger partial charge in [-0.25, -0.2) is 17.8 Å². The van der Waals surface area contributed by atoms with Crippen molar-refractivity contribution >= 4 is 10.0 Å². The third-order valence-corrected chi connectivity index (χ3v) is 7.31. The molecule has 1 fully saturated rings. The van der Waals surface area contributed by atoms with Crippen molar-refractivity contribution in [1.29, 1.82) is 5.26 Å². The number of alkyl halides is 3. The molecule has 8 nitrogen and oxygen atoms in total. The molecular weight excluding hydrogens is 470 g/mol. The molecule has 3 rings (SSSR count). The zero-order valence-corrected chi connectivity index (χ0v) is 18.0. The van der Waals surface area contributed by atoms with Crippen molar-refractivity contribution in [2.75, 3.05) is 26.3 Å². The number of nitrogens with zero attached hydrogens (tertiary/aromatic N) is 3. The number of aliphatic hydroxyl groups excluding tert-OH is 1. The predicted octanol–water partition coefficient (Wildman–Crippen LogP) is 1.84. The Morgan fingerprint density at radius 1 is 1.33 bits per heavy atom. The minimum absolute atomic E-state index is 0.0240. The normalized spacial score (nSPS) is 21.7. The highest BCUT2D eigenvalue weighted by Gasteiger charge is 2.49. The molecule has 0 unspecified atom stereocenters. The number of aryl methyl sites for hydroxylation is 1. The Morgan fingerprint density at radius 3 is 2.58 bits per heavy atom. The average Bonchev–Trinajstić information content (AvgIpc) is 3.09. The van der Waals surface area contributed by atoms with Crippen LogP contribution in [0.5, 0.6) is 5.75 Å². The third kappa shape index (κ3) is 4.93. The number of nitriles is 1. The molecule has 0 saturated carbocycles. The number of aliphatic hydroxyl groups is 2. The van der Waals surface area contributed by atoms with Gasteiger partial charge in [-0.05, 0) is 31.2 Å². The fourth-order valence-corrected chi connectivity index (χ4v) is 5.18. The van der Waals surface area contributed by atoms with E-state index in [1.54, 1.807) is 6.07 Å². The van der Waals surface area contributed by atoms with E-state index in [2.05, 4.69) is 4.98 Å². The van der Waals surface area contributed by atoms with Gasteiger partial charge in [0, 0.05) is 25.1 Å². The summed E-state index contributed by atoms with van der Waals surface area (Å²) < 4.78 is 84.7. The number of sulfonamides is 1. The Labute approximate surface area is 186 Å². The molecule has 0 amide bonds. The third-order valence-electron chi connectivity index (χ3n) is 5.37. The molecule has 33 heavy (non-hydrogen) atoms. The van der Waals surface area contributed by atoms with Crippen molar-refractivity contribution in [3.05, 3.63) is 53.1 Å². The van der Waals surface area contributed by atoms with E-state index in [-0.39, 0.29) is 30.2 Å². The molecular formula is C20H19F4N3O5S. The van der Waals surface area contributed by atoms with Crippen LogP contribution in [-0.4, -0.2) is 59.8 Å². The van der Waals surface area contributed by atoms with Crippen LogP contribution in [0.4, 0.5) is 17.6 Å². The number of β-amino-alcohol motifs (C(OH)–C–C–N with tert-alkyl or cyclic N) is 1. The Bertz CT molecular complexity index is 1200. The molecule has 2 aromatic rings. The maximum atomic E-state index is 13.8. The van der Waals surface area contributed by atoms with Crippen molar-refractivity contribution in [1.82, 2.24) is 9.29 Å². The summed E-state index contributed by atoms with van der Waals surface area (Å²) in [6, 6.07) is 6.46. The van der Waals surface area contributed by atoms with E-state index in [9.17, 15) is 36.2 Å². The molecule has 2 atom stereocenters. The highest BCUT2D eigenvalue weighted by molar-refractivity contribution is 7.89. The highest BCUT2D eigenvalue weighted by atomic mass is 32.2. The predicted molar refractivity (Wildman–Crippen MR) is 105 cm³/mol. The lowest BCUT2D eigenvalue weighted by Crippen LogP contribution is -2.44. The largest absolute Gasteiger partial charge is 0.493 e. The number of rotatable bonds is 6. The van der Waals surface area contributed by atoms with Crippen LogP contribution in [-0.2, 0) is 16.2 Å². The van der Waals surface area contributed by atoms with Gasteiger partial charge in [0.15, 0.2) is 0 Å². The van der Waals surface area contributed by atoms with Crippen molar-refractivity contribution in [2.24, 2.45) is 5.92 Å². The molecule has 0 bridgehead atoms. The second-order valence-corrected chi connectivity index (χ2v) is 9.50. The maximum Gasteiger partial charge on any atom is 0.433 e. The first kappa shape index (κ1) is 24.8. The number of hydrogen-bond donors (Lipinski definition) is 2. The molecule has 2 heterocycles. The Balaban J connectivity index is 1.81. The van der Waals surface area contributed by atoms with Crippen LogP contribution in [0.15, 0.2) is 35.2 Å². The van der Waals surface area contributed by atoms with E-state index < -0.39 is 57.3 Å². The van der Waals surface area contributed by atoms with Crippen LogP contribution in [0.25, 0.3) is 0 Å². The standard InChI is InChI=1S/C20H19F4N3O5S/c1-12-17(4-5-18(26-12)20(22,23)24)33(30,31)27-8-14(19(29,10-27)11-28)9-32-15-3-2-13(7-25)16(21)6-15/h2-6,14,28-29H,8-11H2,1H3/t14-,19-/m1/s1. The fourth-order valence-electron chi connectivity index (χ4n) is 3.48. The van der Waals surface area contributed by atoms with Gasteiger partial charge < -0.3 is 14.9 Å². The summed E-state index contributed by atoms with van der Waals surface area (Å²) in [6.45, 7) is -0.866. The van der Waals surface area contributed by atoms with Crippen LogP contribution in [0.3, 0.4) is 0 Å². The van der Waals surface area contributed by atoms with Crippen molar-refractivity contribution < 1.29 is 40.9 Å². The summed E-state index contributed by atoms with van der Waals surface area (Å²) in [4.78, 5) is 2.86. The van der Waals surface area contributed by atoms with Crippen LogP contribution in [0, 0.1) is 30.0 Å². The van der Waals surface area contributed by atoms with Crippen molar-refractivity contribution in [3.8, 4) is 11.8 Å². The van der Waals surface area contributed by atoms with Crippen molar-refractivity contribution in [2.45, 2.75) is 23.6 Å². The zero-order valence-electron chi connectivity index (χ0n) is 17.2. The summed E-state index contributed by atoms with van der Waals surface area (Å²) >= 11 is 0. The summed E-state index contributed by atoms with van der Waals surface area (Å²) in [5.74, 6) is -1.75. The number of aromatic nitrogens is 1. The van der Waals surface area contributed by atoms with Gasteiger partial charge in [-0.3, -0.25) is 0 Å². The lowest BCUT2D eigenvalue weighted by molar-refractivity contribution is -0.141. The lowest BCUT2D eigenvalue weighted by atomic mass is 9.92. The highest BCUT2D eigenvalue weighted by Crippen LogP contribution is 2.34. The van der Waals surface area contributed by atoms with E-state index in [1.807, 2.05) is 0 Å². The molecule has 0 spiro atoms. The number of ether oxygens (including phenoxy) is 1. The summed E-state index contributed by atoms with van der Waals surface area (Å²) in [5, 5.41) is 29.2. The van der Waals surface area contributed by atoms with E-state index >= 15 is 0 Å². The van der Waals surface area contributed by atoms with Crippen molar-refractivity contribution in [3.63, 3.8) is 0 Å². The zero-order chi connectivity index (χ0) is 24.6. The Kier molecular flexibility index (Phi) is 6.67. The molecule has 178 valence electrons. The molecule has 0 aliphatic carbocycles. The van der Waals surface area contributed by atoms with E-state index in [0.29, 0.717) is 6.07 Å². The maximum absolute atomic E-state index is 13.8. The first-order valence-electron chi connectivity index (χ1n) is 9.52. The molecule has 1 aliphatic rings.